The lowest BCUT2D eigenvalue weighted by Gasteiger charge is -2.39. The number of hydrogen-bond acceptors (Lipinski definition) is 8. The van der Waals surface area contributed by atoms with Gasteiger partial charge in [-0.2, -0.15) is 4.31 Å². The minimum absolute atomic E-state index is 0.232. The predicted molar refractivity (Wildman–Crippen MR) is 141 cm³/mol. The third-order valence-corrected chi connectivity index (χ3v) is 8.85. The average Bonchev–Trinajstić information content (AvgIpc) is 3.39. The number of benzene rings is 1. The van der Waals surface area contributed by atoms with Crippen LogP contribution in [0.1, 0.15) is 19.8 Å². The van der Waals surface area contributed by atoms with Crippen LogP contribution in [0.15, 0.2) is 41.4 Å². The van der Waals surface area contributed by atoms with E-state index in [4.69, 9.17) is 9.47 Å². The lowest BCUT2D eigenvalue weighted by molar-refractivity contribution is 0.00610. The van der Waals surface area contributed by atoms with Crippen LogP contribution >= 0.6 is 0 Å². The van der Waals surface area contributed by atoms with Crippen LogP contribution in [0.25, 0.3) is 11.0 Å². The molecular formula is C25H34N6O4S. The van der Waals surface area contributed by atoms with Crippen LogP contribution in [0, 0.1) is 0 Å². The third-order valence-electron chi connectivity index (χ3n) is 6.95. The Morgan fingerprint density at radius 2 is 1.89 bits per heavy atom. The van der Waals surface area contributed by atoms with E-state index < -0.39 is 10.0 Å². The van der Waals surface area contributed by atoms with Crippen molar-refractivity contribution in [1.82, 2.24) is 19.2 Å². The number of nitrogens with one attached hydrogen (secondary N) is 3. The molecule has 0 spiro atoms. The molecule has 2 saturated heterocycles. The minimum Gasteiger partial charge on any atom is -0.495 e. The number of fused-ring (bicyclic) bond motifs is 1. The topological polar surface area (TPSA) is 112 Å². The second-order valence-corrected chi connectivity index (χ2v) is 11.0. The third kappa shape index (κ3) is 5.01. The van der Waals surface area contributed by atoms with E-state index in [0.29, 0.717) is 36.4 Å². The molecule has 2 aromatic heterocycles. The second-order valence-electron chi connectivity index (χ2n) is 9.10. The molecule has 11 heteroatoms. The van der Waals surface area contributed by atoms with Gasteiger partial charge in [-0.3, -0.25) is 4.90 Å². The van der Waals surface area contributed by atoms with Gasteiger partial charge in [-0.15, -0.1) is 0 Å². The first-order valence-corrected chi connectivity index (χ1v) is 13.9. The van der Waals surface area contributed by atoms with E-state index in [0.717, 1.165) is 62.4 Å². The standard InChI is InChI=1S/C25H34N6O4S/c1-3-26-22-17-24(29-25-20(22)6-9-27-25)28-21-5-4-19(16-23(21)34-2)36(32,33)31-10-7-18(8-11-31)30-12-14-35-15-13-30/h4-6,9,16-18H,3,7-8,10-15H2,1-2H3,(H3,26,27,28,29). The summed E-state index contributed by atoms with van der Waals surface area (Å²) >= 11 is 0. The number of aromatic amines is 1. The van der Waals surface area contributed by atoms with Crippen LogP contribution in [0.5, 0.6) is 5.75 Å². The van der Waals surface area contributed by atoms with Gasteiger partial charge in [0.25, 0.3) is 0 Å². The summed E-state index contributed by atoms with van der Waals surface area (Å²) in [6.45, 7) is 7.20. The van der Waals surface area contributed by atoms with Crippen molar-refractivity contribution in [3.8, 4) is 5.75 Å². The highest BCUT2D eigenvalue weighted by molar-refractivity contribution is 7.89. The van der Waals surface area contributed by atoms with E-state index in [9.17, 15) is 8.42 Å². The smallest absolute Gasteiger partial charge is 0.243 e. The largest absolute Gasteiger partial charge is 0.495 e. The number of sulfonamides is 1. The molecule has 5 rings (SSSR count). The maximum Gasteiger partial charge on any atom is 0.243 e. The van der Waals surface area contributed by atoms with E-state index >= 15 is 0 Å². The van der Waals surface area contributed by atoms with E-state index in [1.54, 1.807) is 22.5 Å². The summed E-state index contributed by atoms with van der Waals surface area (Å²) in [4.78, 5) is 10.4. The Hall–Kier alpha value is -2.86. The van der Waals surface area contributed by atoms with Crippen LogP contribution < -0.4 is 15.4 Å². The zero-order valence-corrected chi connectivity index (χ0v) is 21.6. The minimum atomic E-state index is -3.62. The van der Waals surface area contributed by atoms with Crippen LogP contribution in [0.4, 0.5) is 17.2 Å². The Kier molecular flexibility index (Phi) is 7.33. The number of nitrogens with zero attached hydrogens (tertiary/aromatic N) is 3. The predicted octanol–water partition coefficient (Wildman–Crippen LogP) is 3.23. The SMILES string of the molecule is CCNc1cc(Nc2ccc(S(=O)(=O)N3CCC(N4CCOCC4)CC3)cc2OC)nc2[nH]ccc12. The van der Waals surface area contributed by atoms with E-state index in [1.165, 1.54) is 7.11 Å². The first-order chi connectivity index (χ1) is 17.5. The molecule has 36 heavy (non-hydrogen) atoms. The zero-order valence-electron chi connectivity index (χ0n) is 20.8. The van der Waals surface area contributed by atoms with Crippen molar-refractivity contribution in [2.75, 3.05) is 63.7 Å². The number of morpholine rings is 1. The van der Waals surface area contributed by atoms with Gasteiger partial charge < -0.3 is 25.1 Å². The molecule has 3 N–H and O–H groups in total. The first kappa shape index (κ1) is 24.8. The van der Waals surface area contributed by atoms with Gasteiger partial charge in [0.15, 0.2) is 0 Å². The highest BCUT2D eigenvalue weighted by atomic mass is 32.2. The fraction of sp³-hybridized carbons (Fsp3) is 0.480. The van der Waals surface area contributed by atoms with Gasteiger partial charge in [-0.05, 0) is 38.0 Å². The monoisotopic (exact) mass is 514 g/mol. The molecule has 0 radical (unpaired) electrons. The van der Waals surface area contributed by atoms with Crippen molar-refractivity contribution in [1.29, 1.82) is 0 Å². The normalized spacial score (nSPS) is 18.4. The van der Waals surface area contributed by atoms with Gasteiger partial charge in [0.2, 0.25) is 10.0 Å². The molecule has 0 saturated carbocycles. The van der Waals surface area contributed by atoms with Gasteiger partial charge in [0.05, 0.1) is 30.9 Å². The summed E-state index contributed by atoms with van der Waals surface area (Å²) in [5.74, 6) is 1.07. The van der Waals surface area contributed by atoms with Crippen molar-refractivity contribution in [3.63, 3.8) is 0 Å². The van der Waals surface area contributed by atoms with E-state index in [1.807, 2.05) is 25.3 Å². The Morgan fingerprint density at radius 3 is 2.61 bits per heavy atom. The molecule has 10 nitrogen and oxygen atoms in total. The molecule has 4 heterocycles. The first-order valence-electron chi connectivity index (χ1n) is 12.5. The summed E-state index contributed by atoms with van der Waals surface area (Å²) in [6.07, 6.45) is 3.51. The van der Waals surface area contributed by atoms with Crippen molar-refractivity contribution in [2.45, 2.75) is 30.7 Å². The number of rotatable bonds is 8. The summed E-state index contributed by atoms with van der Waals surface area (Å²) in [6, 6.07) is 9.28. The molecule has 194 valence electrons. The summed E-state index contributed by atoms with van der Waals surface area (Å²) in [5.41, 5.74) is 2.36. The molecule has 2 aliphatic heterocycles. The van der Waals surface area contributed by atoms with Crippen LogP contribution in [-0.2, 0) is 14.8 Å². The molecule has 0 amide bonds. The molecule has 2 fully saturated rings. The molecular weight excluding hydrogens is 480 g/mol. The van der Waals surface area contributed by atoms with Gasteiger partial charge >= 0.3 is 0 Å². The Labute approximate surface area is 212 Å². The molecule has 0 bridgehead atoms. The number of hydrogen-bond donors (Lipinski definition) is 3. The molecule has 0 unspecified atom stereocenters. The number of H-pyrrole nitrogens is 1. The fourth-order valence-electron chi connectivity index (χ4n) is 5.05. The number of anilines is 3. The van der Waals surface area contributed by atoms with Gasteiger partial charge in [-0.1, -0.05) is 0 Å². The van der Waals surface area contributed by atoms with Crippen LogP contribution in [-0.4, -0.2) is 86.7 Å². The Bertz CT molecular complexity index is 1300. The lowest BCUT2D eigenvalue weighted by atomic mass is 10.0. The van der Waals surface area contributed by atoms with Crippen molar-refractivity contribution in [3.05, 3.63) is 36.5 Å². The number of piperidine rings is 1. The highest BCUT2D eigenvalue weighted by Crippen LogP contribution is 2.33. The zero-order chi connectivity index (χ0) is 25.1. The number of aromatic nitrogens is 2. The summed E-state index contributed by atoms with van der Waals surface area (Å²) < 4.78 is 39.5. The summed E-state index contributed by atoms with van der Waals surface area (Å²) in [7, 11) is -2.08. The maximum absolute atomic E-state index is 13.4. The molecule has 0 atom stereocenters. The van der Waals surface area contributed by atoms with E-state index in [-0.39, 0.29) is 4.90 Å². The molecule has 0 aliphatic carbocycles. The van der Waals surface area contributed by atoms with Gasteiger partial charge in [0, 0.05) is 68.2 Å². The second kappa shape index (κ2) is 10.6. The van der Waals surface area contributed by atoms with Crippen LogP contribution in [0.3, 0.4) is 0 Å². The number of pyridine rings is 1. The maximum atomic E-state index is 13.4. The lowest BCUT2D eigenvalue weighted by Crippen LogP contribution is -2.50. The van der Waals surface area contributed by atoms with Gasteiger partial charge in [0.1, 0.15) is 17.2 Å². The quantitative estimate of drug-likeness (QED) is 0.420. The molecule has 3 aromatic rings. The Morgan fingerprint density at radius 1 is 1.11 bits per heavy atom. The number of ether oxygens (including phenoxy) is 2. The van der Waals surface area contributed by atoms with Crippen molar-refractivity contribution < 1.29 is 17.9 Å². The average molecular weight is 515 g/mol. The Balaban J connectivity index is 1.32. The molecule has 1 aromatic carbocycles. The summed E-state index contributed by atoms with van der Waals surface area (Å²) in [5, 5.41) is 7.65. The van der Waals surface area contributed by atoms with Crippen molar-refractivity contribution in [2.24, 2.45) is 0 Å². The van der Waals surface area contributed by atoms with E-state index in [2.05, 4.69) is 25.5 Å². The molecule has 2 aliphatic rings. The fourth-order valence-corrected chi connectivity index (χ4v) is 6.54. The van der Waals surface area contributed by atoms with Gasteiger partial charge in [-0.25, -0.2) is 13.4 Å². The number of methoxy groups -OCH3 is 1. The van der Waals surface area contributed by atoms with Crippen LogP contribution in [0.2, 0.25) is 0 Å². The highest BCUT2D eigenvalue weighted by Gasteiger charge is 2.32. The van der Waals surface area contributed by atoms with Crippen molar-refractivity contribution >= 4 is 38.2 Å².